The van der Waals surface area contributed by atoms with Gasteiger partial charge in [-0.1, -0.05) is 5.21 Å². The lowest BCUT2D eigenvalue weighted by Crippen LogP contribution is -1.86. The van der Waals surface area contributed by atoms with Gasteiger partial charge in [0.15, 0.2) is 0 Å². The molecule has 0 saturated heterocycles. The van der Waals surface area contributed by atoms with Gasteiger partial charge in [0.2, 0.25) is 0 Å². The van der Waals surface area contributed by atoms with Crippen molar-refractivity contribution in [3.05, 3.63) is 24.8 Å². The fourth-order valence-electron chi connectivity index (χ4n) is 0.682. The zero-order chi connectivity index (χ0) is 6.10. The third kappa shape index (κ3) is 0.822. The van der Waals surface area contributed by atoms with Crippen LogP contribution in [0.25, 0.3) is 5.52 Å². The third-order valence-corrected chi connectivity index (χ3v) is 1.11. The number of nitrogens with zero attached hydrogens (tertiary/aromatic N) is 4. The maximum Gasteiger partial charge on any atom is 0.119 e. The predicted molar refractivity (Wildman–Crippen MR) is 35.8 cm³/mol. The zero-order valence-electron chi connectivity index (χ0n) is 5.31. The molecule has 0 aliphatic heterocycles. The molecule has 2 rings (SSSR count). The van der Waals surface area contributed by atoms with Gasteiger partial charge in [-0.3, -0.25) is 0 Å². The van der Waals surface area contributed by atoms with Crippen molar-refractivity contribution in [2.75, 3.05) is 0 Å². The first kappa shape index (κ1) is 6.63. The summed E-state index contributed by atoms with van der Waals surface area (Å²) in [6.45, 7) is 0. The van der Waals surface area contributed by atoms with Gasteiger partial charge in [0.05, 0.1) is 11.7 Å². The highest BCUT2D eigenvalue weighted by Crippen LogP contribution is 1.93. The van der Waals surface area contributed by atoms with Gasteiger partial charge >= 0.3 is 0 Å². The molecule has 3 N–H and O–H groups in total. The van der Waals surface area contributed by atoms with Gasteiger partial charge in [0, 0.05) is 6.20 Å². The predicted octanol–water partition coefficient (Wildman–Crippen LogP) is 0.286. The summed E-state index contributed by atoms with van der Waals surface area (Å²) in [6, 6.07) is 1.85. The highest BCUT2D eigenvalue weighted by molar-refractivity contribution is 5.40. The van der Waals surface area contributed by atoms with E-state index in [2.05, 4.69) is 15.3 Å². The van der Waals surface area contributed by atoms with Crippen LogP contribution in [0.1, 0.15) is 0 Å². The molecule has 0 amide bonds. The molecule has 2 aromatic heterocycles. The van der Waals surface area contributed by atoms with Crippen LogP contribution in [0.3, 0.4) is 0 Å². The van der Waals surface area contributed by atoms with E-state index in [-0.39, 0.29) is 6.15 Å². The van der Waals surface area contributed by atoms with E-state index in [1.807, 2.05) is 6.07 Å². The summed E-state index contributed by atoms with van der Waals surface area (Å²) in [5.41, 5.74) is 0.963. The third-order valence-electron chi connectivity index (χ3n) is 1.11. The summed E-state index contributed by atoms with van der Waals surface area (Å²) in [7, 11) is 0. The van der Waals surface area contributed by atoms with E-state index >= 15 is 0 Å². The van der Waals surface area contributed by atoms with Crippen LogP contribution in [-0.4, -0.2) is 19.8 Å². The van der Waals surface area contributed by atoms with Crippen LogP contribution in [-0.2, 0) is 0 Å². The van der Waals surface area contributed by atoms with Crippen LogP contribution in [0.2, 0.25) is 0 Å². The lowest BCUT2D eigenvalue weighted by molar-refractivity contribution is 0.834. The van der Waals surface area contributed by atoms with Crippen LogP contribution in [0.5, 0.6) is 0 Å². The maximum atomic E-state index is 3.85. The lowest BCUT2D eigenvalue weighted by atomic mass is 10.5. The van der Waals surface area contributed by atoms with Crippen LogP contribution < -0.4 is 6.15 Å². The smallest absolute Gasteiger partial charge is 0.119 e. The fourth-order valence-corrected chi connectivity index (χ4v) is 0.682. The quantitative estimate of drug-likeness (QED) is 0.565. The number of hydrogen-bond acceptors (Lipinski definition) is 4. The van der Waals surface area contributed by atoms with Crippen LogP contribution in [0, 0.1) is 0 Å². The van der Waals surface area contributed by atoms with E-state index < -0.39 is 0 Å². The topological polar surface area (TPSA) is 78.1 Å². The Kier molecular flexibility index (Phi) is 1.59. The molecule has 0 spiro atoms. The Morgan fingerprint density at radius 2 is 2.30 bits per heavy atom. The summed E-state index contributed by atoms with van der Waals surface area (Å²) in [4.78, 5) is 3.85. The Labute approximate surface area is 57.3 Å². The largest absolute Gasteiger partial charge is 0.344 e. The second kappa shape index (κ2) is 2.40. The molecule has 0 aliphatic carbocycles. The Morgan fingerprint density at radius 1 is 1.40 bits per heavy atom. The SMILES string of the molecule is N.c1cc2cnnn2cn1. The van der Waals surface area contributed by atoms with Gasteiger partial charge in [-0.15, -0.1) is 5.10 Å². The summed E-state index contributed by atoms with van der Waals surface area (Å²) < 4.78 is 1.61. The Bertz CT molecular complexity index is 284. The first-order chi connectivity index (χ1) is 4.47. The second-order valence-electron chi connectivity index (χ2n) is 1.68. The standard InChI is InChI=1S/C5H4N4.H3N/c1-2-6-4-9-5(1)3-7-8-9;/h1-4H;1H3. The molecular weight excluding hydrogens is 130 g/mol. The molecule has 5 nitrogen and oxygen atoms in total. The number of hydrogen-bond donors (Lipinski definition) is 1. The molecule has 10 heavy (non-hydrogen) atoms. The minimum absolute atomic E-state index is 0. The van der Waals surface area contributed by atoms with Crippen LogP contribution >= 0.6 is 0 Å². The second-order valence-corrected chi connectivity index (χ2v) is 1.68. The molecule has 5 heteroatoms. The average molecular weight is 137 g/mol. The van der Waals surface area contributed by atoms with E-state index in [0.717, 1.165) is 5.52 Å². The molecule has 0 atom stereocenters. The van der Waals surface area contributed by atoms with Crippen molar-refractivity contribution in [1.29, 1.82) is 0 Å². The van der Waals surface area contributed by atoms with Gasteiger partial charge in [0.1, 0.15) is 6.33 Å². The maximum absolute atomic E-state index is 3.85. The van der Waals surface area contributed by atoms with E-state index in [9.17, 15) is 0 Å². The average Bonchev–Trinajstić information content (AvgIpc) is 2.33. The van der Waals surface area contributed by atoms with Gasteiger partial charge in [-0.25, -0.2) is 9.50 Å². The molecule has 0 unspecified atom stereocenters. The summed E-state index contributed by atoms with van der Waals surface area (Å²) in [5.74, 6) is 0. The lowest BCUT2D eigenvalue weighted by Gasteiger charge is -1.83. The number of fused-ring (bicyclic) bond motifs is 1. The van der Waals surface area contributed by atoms with Crippen molar-refractivity contribution >= 4 is 5.52 Å². The van der Waals surface area contributed by atoms with E-state index in [1.54, 1.807) is 23.2 Å². The Balaban J connectivity index is 0.000000500. The Hall–Kier alpha value is -1.49. The van der Waals surface area contributed by atoms with Crippen molar-refractivity contribution in [3.8, 4) is 0 Å². The van der Waals surface area contributed by atoms with Crippen LogP contribution in [0.15, 0.2) is 24.8 Å². The van der Waals surface area contributed by atoms with Crippen molar-refractivity contribution in [3.63, 3.8) is 0 Å². The minimum atomic E-state index is 0. The molecule has 0 radical (unpaired) electrons. The molecule has 0 aliphatic rings. The minimum Gasteiger partial charge on any atom is -0.344 e. The van der Waals surface area contributed by atoms with Gasteiger partial charge < -0.3 is 6.15 Å². The molecule has 0 saturated carbocycles. The van der Waals surface area contributed by atoms with E-state index in [4.69, 9.17) is 0 Å². The summed E-state index contributed by atoms with van der Waals surface area (Å²) >= 11 is 0. The van der Waals surface area contributed by atoms with Crippen LogP contribution in [0.4, 0.5) is 0 Å². The van der Waals surface area contributed by atoms with Crippen molar-refractivity contribution in [2.24, 2.45) is 0 Å². The van der Waals surface area contributed by atoms with Crippen molar-refractivity contribution in [2.45, 2.75) is 0 Å². The number of rotatable bonds is 0. The zero-order valence-corrected chi connectivity index (χ0v) is 5.31. The molecular formula is C5H7N5. The molecule has 0 fully saturated rings. The van der Waals surface area contributed by atoms with E-state index in [0.29, 0.717) is 0 Å². The molecule has 2 heterocycles. The highest BCUT2D eigenvalue weighted by atomic mass is 15.4. The van der Waals surface area contributed by atoms with Crippen molar-refractivity contribution in [1.82, 2.24) is 26.0 Å². The first-order valence-electron chi connectivity index (χ1n) is 2.57. The molecule has 2 aromatic rings. The summed E-state index contributed by atoms with van der Waals surface area (Å²) in [6.07, 6.45) is 5.00. The Morgan fingerprint density at radius 3 is 3.10 bits per heavy atom. The monoisotopic (exact) mass is 137 g/mol. The van der Waals surface area contributed by atoms with Crippen molar-refractivity contribution < 1.29 is 0 Å². The van der Waals surface area contributed by atoms with Gasteiger partial charge in [-0.2, -0.15) is 0 Å². The highest BCUT2D eigenvalue weighted by Gasteiger charge is 1.87. The number of aromatic nitrogens is 4. The van der Waals surface area contributed by atoms with Gasteiger partial charge in [0.25, 0.3) is 0 Å². The molecule has 52 valence electrons. The normalized spacial score (nSPS) is 9.20. The molecule has 0 aromatic carbocycles. The van der Waals surface area contributed by atoms with E-state index in [1.165, 1.54) is 0 Å². The first-order valence-corrected chi connectivity index (χ1v) is 2.57. The fraction of sp³-hybridized carbons (Fsp3) is 0. The summed E-state index contributed by atoms with van der Waals surface area (Å²) in [5, 5.41) is 7.40. The van der Waals surface area contributed by atoms with Gasteiger partial charge in [-0.05, 0) is 6.07 Å². The molecule has 0 bridgehead atoms.